The van der Waals surface area contributed by atoms with E-state index in [0.29, 0.717) is 12.5 Å². The van der Waals surface area contributed by atoms with Gasteiger partial charge in [-0.2, -0.15) is 0 Å². The van der Waals surface area contributed by atoms with Crippen LogP contribution in [0.25, 0.3) is 0 Å². The summed E-state index contributed by atoms with van der Waals surface area (Å²) in [6, 6.07) is 7.85. The van der Waals surface area contributed by atoms with Crippen LogP contribution in [0.3, 0.4) is 0 Å². The van der Waals surface area contributed by atoms with Gasteiger partial charge in [-0.25, -0.2) is 0 Å². The van der Waals surface area contributed by atoms with Crippen LogP contribution in [0.4, 0.5) is 0 Å². The maximum absolute atomic E-state index is 12.7. The van der Waals surface area contributed by atoms with E-state index >= 15 is 0 Å². The quantitative estimate of drug-likeness (QED) is 0.834. The topological polar surface area (TPSA) is 42.4 Å². The van der Waals surface area contributed by atoms with Crippen molar-refractivity contribution < 1.29 is 9.53 Å². The van der Waals surface area contributed by atoms with Crippen LogP contribution in [0.15, 0.2) is 42.0 Å². The number of nitrogens with zero attached hydrogens (tertiary/aromatic N) is 2. The fourth-order valence-electron chi connectivity index (χ4n) is 4.21. The van der Waals surface area contributed by atoms with Crippen molar-refractivity contribution in [3.63, 3.8) is 0 Å². The summed E-state index contributed by atoms with van der Waals surface area (Å²) in [6.07, 6.45) is 7.23. The van der Waals surface area contributed by atoms with Crippen LogP contribution >= 0.6 is 11.3 Å². The molecular weight excluding hydrogens is 320 g/mol. The number of rotatable bonds is 5. The summed E-state index contributed by atoms with van der Waals surface area (Å²) in [4.78, 5) is 19.6. The highest BCUT2D eigenvalue weighted by Gasteiger charge is 2.50. The minimum atomic E-state index is 0.153. The Hall–Kier alpha value is -1.72. The molecule has 0 radical (unpaired) electrons. The molecule has 0 N–H and O–H groups in total. The second-order valence-corrected chi connectivity index (χ2v) is 7.91. The van der Waals surface area contributed by atoms with Gasteiger partial charge >= 0.3 is 0 Å². The zero-order valence-electron chi connectivity index (χ0n) is 13.7. The first-order valence-electron chi connectivity index (χ1n) is 8.56. The van der Waals surface area contributed by atoms with Gasteiger partial charge in [0.1, 0.15) is 0 Å². The molecule has 3 heterocycles. The molecular formula is C19H22N2O2S. The SMILES string of the molecule is O=C(c1cccs1)N1C[C@H]2CCC[C@@]2(COCc2ccncc2)C1. The van der Waals surface area contributed by atoms with Crippen LogP contribution in [0.2, 0.25) is 0 Å². The zero-order valence-corrected chi connectivity index (χ0v) is 14.5. The lowest BCUT2D eigenvalue weighted by Crippen LogP contribution is -2.34. The number of carbonyl (C=O) groups is 1. The normalized spacial score (nSPS) is 25.8. The van der Waals surface area contributed by atoms with Crippen LogP contribution < -0.4 is 0 Å². The minimum Gasteiger partial charge on any atom is -0.376 e. The highest BCUT2D eigenvalue weighted by molar-refractivity contribution is 7.12. The molecule has 1 amide bonds. The summed E-state index contributed by atoms with van der Waals surface area (Å²) in [6.45, 7) is 3.09. The number of hydrogen-bond acceptors (Lipinski definition) is 4. The van der Waals surface area contributed by atoms with E-state index in [9.17, 15) is 4.79 Å². The second-order valence-electron chi connectivity index (χ2n) is 6.96. The molecule has 4 nitrogen and oxygen atoms in total. The molecule has 2 atom stereocenters. The summed E-state index contributed by atoms with van der Waals surface area (Å²) >= 11 is 1.53. The molecule has 1 aliphatic carbocycles. The van der Waals surface area contributed by atoms with Crippen LogP contribution in [0.1, 0.15) is 34.5 Å². The number of fused-ring (bicyclic) bond motifs is 1. The average molecular weight is 342 g/mol. The molecule has 2 aliphatic rings. The van der Waals surface area contributed by atoms with Gasteiger partial charge in [-0.15, -0.1) is 11.3 Å². The van der Waals surface area contributed by atoms with E-state index in [0.717, 1.165) is 30.1 Å². The van der Waals surface area contributed by atoms with Crippen molar-refractivity contribution in [2.24, 2.45) is 11.3 Å². The molecule has 0 unspecified atom stereocenters. The van der Waals surface area contributed by atoms with E-state index in [4.69, 9.17) is 4.74 Å². The van der Waals surface area contributed by atoms with Gasteiger partial charge in [0.25, 0.3) is 5.91 Å². The third-order valence-electron chi connectivity index (χ3n) is 5.47. The lowest BCUT2D eigenvalue weighted by molar-refractivity contribution is 0.0265. The Morgan fingerprint density at radius 1 is 1.38 bits per heavy atom. The molecule has 0 spiro atoms. The summed E-state index contributed by atoms with van der Waals surface area (Å²) in [5.74, 6) is 0.770. The molecule has 4 rings (SSSR count). The van der Waals surface area contributed by atoms with Gasteiger partial charge in [0.2, 0.25) is 0 Å². The predicted molar refractivity (Wildman–Crippen MR) is 93.9 cm³/mol. The van der Waals surface area contributed by atoms with Crippen molar-refractivity contribution in [1.82, 2.24) is 9.88 Å². The smallest absolute Gasteiger partial charge is 0.263 e. The van der Waals surface area contributed by atoms with Gasteiger partial charge in [-0.3, -0.25) is 9.78 Å². The fraction of sp³-hybridized carbons (Fsp3) is 0.474. The summed E-state index contributed by atoms with van der Waals surface area (Å²) in [5, 5.41) is 1.97. The third kappa shape index (κ3) is 2.98. The Balaban J connectivity index is 1.40. The predicted octanol–water partition coefficient (Wildman–Crippen LogP) is 3.60. The van der Waals surface area contributed by atoms with Gasteiger partial charge in [0.15, 0.2) is 0 Å². The maximum Gasteiger partial charge on any atom is 0.263 e. The Morgan fingerprint density at radius 3 is 3.04 bits per heavy atom. The van der Waals surface area contributed by atoms with Crippen molar-refractivity contribution in [3.05, 3.63) is 52.5 Å². The van der Waals surface area contributed by atoms with Crippen LogP contribution in [0.5, 0.6) is 0 Å². The monoisotopic (exact) mass is 342 g/mol. The molecule has 24 heavy (non-hydrogen) atoms. The highest BCUT2D eigenvalue weighted by atomic mass is 32.1. The van der Waals surface area contributed by atoms with Crippen molar-refractivity contribution >= 4 is 17.2 Å². The summed E-state index contributed by atoms with van der Waals surface area (Å²) in [7, 11) is 0. The maximum atomic E-state index is 12.7. The molecule has 2 fully saturated rings. The number of amides is 1. The van der Waals surface area contributed by atoms with Gasteiger partial charge in [-0.05, 0) is 47.9 Å². The molecule has 0 bridgehead atoms. The van der Waals surface area contributed by atoms with Crippen LogP contribution in [-0.4, -0.2) is 35.5 Å². The first kappa shape index (κ1) is 15.8. The standard InChI is InChI=1S/C19H22N2O2S/c22-18(17-4-2-10-24-17)21-11-16-3-1-7-19(16,13-21)14-23-12-15-5-8-20-9-6-15/h2,4-6,8-10,16H,1,3,7,11-14H2/t16-,19+/m1/s1. The summed E-state index contributed by atoms with van der Waals surface area (Å²) in [5.41, 5.74) is 1.31. The number of pyridine rings is 1. The molecule has 0 aromatic carbocycles. The zero-order chi connectivity index (χ0) is 16.4. The molecule has 1 aliphatic heterocycles. The number of ether oxygens (including phenoxy) is 1. The molecule has 2 aromatic heterocycles. The number of carbonyl (C=O) groups excluding carboxylic acids is 1. The molecule has 1 saturated carbocycles. The number of hydrogen-bond donors (Lipinski definition) is 0. The van der Waals surface area contributed by atoms with Gasteiger partial charge in [0.05, 0.1) is 18.1 Å². The van der Waals surface area contributed by atoms with Crippen molar-refractivity contribution in [2.45, 2.75) is 25.9 Å². The lowest BCUT2D eigenvalue weighted by atomic mass is 9.81. The van der Waals surface area contributed by atoms with Crippen LogP contribution in [-0.2, 0) is 11.3 Å². The fourth-order valence-corrected chi connectivity index (χ4v) is 4.90. The summed E-state index contributed by atoms with van der Waals surface area (Å²) < 4.78 is 6.06. The Morgan fingerprint density at radius 2 is 2.25 bits per heavy atom. The number of likely N-dealkylation sites (tertiary alicyclic amines) is 1. The van der Waals surface area contributed by atoms with E-state index in [1.165, 1.54) is 30.6 Å². The van der Waals surface area contributed by atoms with Gasteiger partial charge in [-0.1, -0.05) is 12.5 Å². The van der Waals surface area contributed by atoms with Crippen molar-refractivity contribution in [2.75, 3.05) is 19.7 Å². The average Bonchev–Trinajstić information content (AvgIpc) is 3.31. The second kappa shape index (κ2) is 6.65. The molecule has 2 aromatic rings. The van der Waals surface area contributed by atoms with E-state index in [2.05, 4.69) is 4.98 Å². The van der Waals surface area contributed by atoms with Crippen molar-refractivity contribution in [1.29, 1.82) is 0 Å². The third-order valence-corrected chi connectivity index (χ3v) is 6.32. The van der Waals surface area contributed by atoms with Gasteiger partial charge in [0, 0.05) is 30.9 Å². The Kier molecular flexibility index (Phi) is 4.37. The van der Waals surface area contributed by atoms with E-state index < -0.39 is 0 Å². The molecule has 1 saturated heterocycles. The first-order chi connectivity index (χ1) is 11.8. The number of thiophene rings is 1. The number of aromatic nitrogens is 1. The van der Waals surface area contributed by atoms with E-state index in [-0.39, 0.29) is 11.3 Å². The van der Waals surface area contributed by atoms with E-state index in [1.54, 1.807) is 12.4 Å². The van der Waals surface area contributed by atoms with E-state index in [1.807, 2.05) is 34.5 Å². The Bertz CT molecular complexity index is 689. The molecule has 126 valence electrons. The highest BCUT2D eigenvalue weighted by Crippen LogP contribution is 2.49. The minimum absolute atomic E-state index is 0.153. The van der Waals surface area contributed by atoms with Crippen molar-refractivity contribution in [3.8, 4) is 0 Å². The largest absolute Gasteiger partial charge is 0.376 e. The van der Waals surface area contributed by atoms with Gasteiger partial charge < -0.3 is 9.64 Å². The van der Waals surface area contributed by atoms with Crippen LogP contribution in [0, 0.1) is 11.3 Å². The molecule has 5 heteroatoms. The first-order valence-corrected chi connectivity index (χ1v) is 9.44. The Labute approximate surface area is 146 Å². The lowest BCUT2D eigenvalue weighted by Gasteiger charge is -2.28.